The number of β-lactam (4-membered cyclic amide) rings is 1. The number of thioether (sulfide) groups is 1. The van der Waals surface area contributed by atoms with Crippen LogP contribution in [0.3, 0.4) is 0 Å². The highest BCUT2D eigenvalue weighted by molar-refractivity contribution is 8.00. The van der Waals surface area contributed by atoms with Gasteiger partial charge in [-0.1, -0.05) is 11.6 Å². The monoisotopic (exact) mass is 356 g/mol. The van der Waals surface area contributed by atoms with Crippen molar-refractivity contribution in [2.45, 2.75) is 18.3 Å². The Hall–Kier alpha value is -2.00. The second-order valence-electron chi connectivity index (χ2n) is 5.29. The van der Waals surface area contributed by atoms with Crippen molar-refractivity contribution in [2.24, 2.45) is 7.05 Å². The van der Waals surface area contributed by atoms with Crippen LogP contribution in [0.5, 0.6) is 0 Å². The molecule has 0 bridgehead atoms. The number of carboxylic acid groups (broad SMARTS) is 1. The fourth-order valence-corrected chi connectivity index (χ4v) is 4.16. The third-order valence-electron chi connectivity index (χ3n) is 3.65. The Morgan fingerprint density at radius 3 is 2.78 bits per heavy atom. The summed E-state index contributed by atoms with van der Waals surface area (Å²) in [4.78, 5) is 37.0. The lowest BCUT2D eigenvalue weighted by Gasteiger charge is -2.49. The van der Waals surface area contributed by atoms with Crippen LogP contribution < -0.4 is 5.32 Å². The highest BCUT2D eigenvalue weighted by Crippen LogP contribution is 2.40. The maximum atomic E-state index is 12.3. The quantitative estimate of drug-likeness (QED) is 0.762. The molecule has 2 N–H and O–H groups in total. The number of hydrogen-bond donors (Lipinski definition) is 2. The molecule has 1 fully saturated rings. The third kappa shape index (κ3) is 2.49. The van der Waals surface area contributed by atoms with Crippen LogP contribution >= 0.6 is 23.4 Å². The molecular formula is C13H13ClN4O4S. The Bertz CT molecular complexity index is 759. The fraction of sp³-hybridized carbons (Fsp3) is 0.385. The number of carbonyl (C=O) groups is 3. The molecule has 23 heavy (non-hydrogen) atoms. The normalized spacial score (nSPS) is 23.4. The van der Waals surface area contributed by atoms with E-state index in [9.17, 15) is 19.5 Å². The van der Waals surface area contributed by atoms with Crippen LogP contribution in [0.15, 0.2) is 17.5 Å². The molecule has 1 aromatic heterocycles. The first-order valence-corrected chi connectivity index (χ1v) is 8.11. The minimum Gasteiger partial charge on any atom is -0.477 e. The van der Waals surface area contributed by atoms with Crippen molar-refractivity contribution in [1.82, 2.24) is 20.0 Å². The number of aromatic nitrogens is 2. The van der Waals surface area contributed by atoms with Gasteiger partial charge in [-0.15, -0.1) is 11.8 Å². The van der Waals surface area contributed by atoms with Gasteiger partial charge in [-0.25, -0.2) is 4.79 Å². The lowest BCUT2D eigenvalue weighted by molar-refractivity contribution is -0.148. The van der Waals surface area contributed by atoms with Crippen molar-refractivity contribution >= 4 is 41.1 Å². The lowest BCUT2D eigenvalue weighted by atomic mass is 10.0. The zero-order valence-electron chi connectivity index (χ0n) is 12.2. The van der Waals surface area contributed by atoms with E-state index in [4.69, 9.17) is 11.6 Å². The van der Waals surface area contributed by atoms with Gasteiger partial charge in [0, 0.05) is 19.0 Å². The van der Waals surface area contributed by atoms with Gasteiger partial charge in [0.2, 0.25) is 0 Å². The maximum absolute atomic E-state index is 12.3. The van der Waals surface area contributed by atoms with E-state index in [0.717, 1.165) is 0 Å². The largest absolute Gasteiger partial charge is 0.477 e. The summed E-state index contributed by atoms with van der Waals surface area (Å²) in [5, 5.41) is 15.5. The highest BCUT2D eigenvalue weighted by atomic mass is 35.5. The average molecular weight is 357 g/mol. The number of carboxylic acids is 1. The number of nitrogens with zero attached hydrogens (tertiary/aromatic N) is 3. The second-order valence-corrected chi connectivity index (χ2v) is 6.81. The molecule has 0 unspecified atom stereocenters. The molecule has 2 atom stereocenters. The van der Waals surface area contributed by atoms with Crippen LogP contribution in [0.2, 0.25) is 5.02 Å². The molecule has 2 aliphatic heterocycles. The number of aliphatic carboxylic acids is 1. The van der Waals surface area contributed by atoms with Crippen molar-refractivity contribution in [1.29, 1.82) is 0 Å². The average Bonchev–Trinajstić information content (AvgIpc) is 2.82. The van der Waals surface area contributed by atoms with Crippen molar-refractivity contribution in [3.8, 4) is 0 Å². The van der Waals surface area contributed by atoms with Gasteiger partial charge in [-0.05, 0) is 12.5 Å². The van der Waals surface area contributed by atoms with E-state index in [2.05, 4.69) is 10.4 Å². The predicted octanol–water partition coefficient (Wildman–Crippen LogP) is 0.446. The van der Waals surface area contributed by atoms with Gasteiger partial charge in [-0.3, -0.25) is 19.2 Å². The first-order chi connectivity index (χ1) is 10.8. The van der Waals surface area contributed by atoms with Gasteiger partial charge in [0.1, 0.15) is 17.1 Å². The summed E-state index contributed by atoms with van der Waals surface area (Å²) < 4.78 is 1.40. The summed E-state index contributed by atoms with van der Waals surface area (Å²) in [6.45, 7) is 1.68. The molecule has 2 aliphatic rings. The molecule has 3 heterocycles. The topological polar surface area (TPSA) is 105 Å². The van der Waals surface area contributed by atoms with Crippen molar-refractivity contribution < 1.29 is 19.5 Å². The molecule has 2 amide bonds. The van der Waals surface area contributed by atoms with Crippen molar-refractivity contribution in [2.75, 3.05) is 5.75 Å². The van der Waals surface area contributed by atoms with E-state index in [1.165, 1.54) is 27.5 Å². The zero-order valence-corrected chi connectivity index (χ0v) is 13.8. The van der Waals surface area contributed by atoms with E-state index in [1.807, 2.05) is 0 Å². The van der Waals surface area contributed by atoms with Crippen LogP contribution in [0.25, 0.3) is 0 Å². The molecular weight excluding hydrogens is 344 g/mol. The van der Waals surface area contributed by atoms with E-state index < -0.39 is 29.2 Å². The predicted molar refractivity (Wildman–Crippen MR) is 82.9 cm³/mol. The van der Waals surface area contributed by atoms with Crippen LogP contribution in [-0.4, -0.2) is 54.7 Å². The molecule has 1 aromatic rings. The molecule has 0 radical (unpaired) electrons. The molecule has 10 heteroatoms. The molecule has 0 aliphatic carbocycles. The number of fused-ring (bicyclic) bond motifs is 1. The van der Waals surface area contributed by atoms with Crippen LogP contribution in [0.4, 0.5) is 0 Å². The summed E-state index contributed by atoms with van der Waals surface area (Å²) in [5.74, 6) is -1.65. The molecule has 3 rings (SSSR count). The fourth-order valence-electron chi connectivity index (χ4n) is 2.60. The standard InChI is InChI=1S/C13H13ClN4O4S/c1-5-4-23-12-8(11(20)18(12)9(5)13(21)22)15-10(19)7-6(14)3-17(2)16-7/h3,8,12H,4H2,1-2H3,(H,15,19)(H,21,22)/t8-,12-/m1/s1. The van der Waals surface area contributed by atoms with Gasteiger partial charge < -0.3 is 10.4 Å². The molecule has 8 nitrogen and oxygen atoms in total. The van der Waals surface area contributed by atoms with E-state index >= 15 is 0 Å². The number of aryl methyl sites for hydroxylation is 1. The van der Waals surface area contributed by atoms with Gasteiger partial charge in [0.05, 0.1) is 5.02 Å². The minimum atomic E-state index is -1.14. The number of halogens is 1. The zero-order chi connectivity index (χ0) is 16.9. The Morgan fingerprint density at radius 1 is 1.52 bits per heavy atom. The summed E-state index contributed by atoms with van der Waals surface area (Å²) in [7, 11) is 1.63. The molecule has 1 saturated heterocycles. The molecule has 0 aromatic carbocycles. The Labute approximate surface area is 140 Å². The number of amides is 2. The summed E-state index contributed by atoms with van der Waals surface area (Å²) in [6, 6.07) is -0.784. The summed E-state index contributed by atoms with van der Waals surface area (Å²) >= 11 is 7.32. The van der Waals surface area contributed by atoms with Crippen molar-refractivity contribution in [3.05, 3.63) is 28.2 Å². The Kier molecular flexibility index (Phi) is 3.85. The van der Waals surface area contributed by atoms with Crippen LogP contribution in [0, 0.1) is 0 Å². The third-order valence-corrected chi connectivity index (χ3v) is 5.35. The minimum absolute atomic E-state index is 0.000109. The number of rotatable bonds is 3. The van der Waals surface area contributed by atoms with Crippen molar-refractivity contribution in [3.63, 3.8) is 0 Å². The van der Waals surface area contributed by atoms with Gasteiger partial charge in [0.15, 0.2) is 5.69 Å². The van der Waals surface area contributed by atoms with Gasteiger partial charge in [0.25, 0.3) is 11.8 Å². The van der Waals surface area contributed by atoms with E-state index in [1.54, 1.807) is 14.0 Å². The number of hydrogen-bond acceptors (Lipinski definition) is 5. The smallest absolute Gasteiger partial charge is 0.352 e. The lowest BCUT2D eigenvalue weighted by Crippen LogP contribution is -2.70. The Balaban J connectivity index is 1.78. The summed E-state index contributed by atoms with van der Waals surface area (Å²) in [6.07, 6.45) is 1.48. The maximum Gasteiger partial charge on any atom is 0.352 e. The highest BCUT2D eigenvalue weighted by Gasteiger charge is 2.53. The van der Waals surface area contributed by atoms with E-state index in [-0.39, 0.29) is 16.4 Å². The molecule has 122 valence electrons. The Morgan fingerprint density at radius 2 is 2.22 bits per heavy atom. The summed E-state index contributed by atoms with van der Waals surface area (Å²) in [5.41, 5.74) is 0.663. The SMILES string of the molecule is CC1=C(C(=O)O)N2C(=O)[C@@H](NC(=O)c3nn(C)cc3Cl)[C@H]2SC1. The van der Waals surface area contributed by atoms with E-state index in [0.29, 0.717) is 11.3 Å². The second kappa shape index (κ2) is 5.57. The molecule has 0 spiro atoms. The number of nitrogens with one attached hydrogen (secondary N) is 1. The van der Waals surface area contributed by atoms with Crippen LogP contribution in [0.1, 0.15) is 17.4 Å². The van der Waals surface area contributed by atoms with Crippen LogP contribution in [-0.2, 0) is 16.6 Å². The van der Waals surface area contributed by atoms with Gasteiger partial charge in [-0.2, -0.15) is 5.10 Å². The van der Waals surface area contributed by atoms with Gasteiger partial charge >= 0.3 is 5.97 Å². The first-order valence-electron chi connectivity index (χ1n) is 6.69. The molecule has 0 saturated carbocycles. The first kappa shape index (κ1) is 15.9. The number of carbonyl (C=O) groups excluding carboxylic acids is 2.